The molecule has 0 saturated carbocycles. The van der Waals surface area contributed by atoms with E-state index < -0.39 is 0 Å². The summed E-state index contributed by atoms with van der Waals surface area (Å²) in [6, 6.07) is 6.17. The highest BCUT2D eigenvalue weighted by atomic mass is 32.1. The predicted octanol–water partition coefficient (Wildman–Crippen LogP) is 2.18. The van der Waals surface area contributed by atoms with E-state index in [0.717, 1.165) is 10.5 Å². The van der Waals surface area contributed by atoms with E-state index in [2.05, 4.69) is 36.2 Å². The Bertz CT molecular complexity index is 532. The maximum absolute atomic E-state index is 6.50. The van der Waals surface area contributed by atoms with Crippen LogP contribution in [0.25, 0.3) is 10.2 Å². The number of nitrogens with two attached hydrogens (primary N) is 1. The Labute approximate surface area is 103 Å². The Balaban J connectivity index is 0.000000581. The number of fused-ring (bicyclic) bond motifs is 1. The molecule has 0 radical (unpaired) electrons. The number of thiazole rings is 1. The molecule has 2 rings (SSSR count). The summed E-state index contributed by atoms with van der Waals surface area (Å²) in [5, 5.41) is 17.3. The SMILES string of the molecule is C#N.C#N.Cc1ccc2nc(C=NN)sc2c1. The Morgan fingerprint density at radius 2 is 2.00 bits per heavy atom. The van der Waals surface area contributed by atoms with Crippen LogP contribution >= 0.6 is 11.3 Å². The van der Waals surface area contributed by atoms with Gasteiger partial charge in [-0.05, 0) is 24.6 Å². The van der Waals surface area contributed by atoms with E-state index in [-0.39, 0.29) is 0 Å². The number of aromatic nitrogens is 1. The zero-order valence-corrected chi connectivity index (χ0v) is 10.1. The summed E-state index contributed by atoms with van der Waals surface area (Å²) in [4.78, 5) is 4.33. The number of nitriles is 2. The van der Waals surface area contributed by atoms with Gasteiger partial charge in [0, 0.05) is 13.1 Å². The van der Waals surface area contributed by atoms with Crippen LogP contribution in [0, 0.1) is 30.6 Å². The molecule has 5 nitrogen and oxygen atoms in total. The fourth-order valence-corrected chi connectivity index (χ4v) is 2.11. The Hall–Kier alpha value is -2.44. The van der Waals surface area contributed by atoms with Crippen LogP contribution in [-0.2, 0) is 0 Å². The fourth-order valence-electron chi connectivity index (χ4n) is 1.17. The monoisotopic (exact) mass is 245 g/mol. The molecule has 0 unspecified atom stereocenters. The van der Waals surface area contributed by atoms with Gasteiger partial charge in [-0.25, -0.2) is 15.5 Å². The molecule has 1 aromatic carbocycles. The number of hydrazone groups is 1. The first kappa shape index (κ1) is 14.6. The third kappa shape index (κ3) is 3.90. The molecule has 1 aromatic heterocycles. The van der Waals surface area contributed by atoms with Crippen molar-refractivity contribution in [1.82, 2.24) is 4.98 Å². The van der Waals surface area contributed by atoms with Gasteiger partial charge in [0.05, 0.1) is 16.4 Å². The highest BCUT2D eigenvalue weighted by molar-refractivity contribution is 7.20. The predicted molar refractivity (Wildman–Crippen MR) is 69.5 cm³/mol. The molecule has 0 saturated heterocycles. The van der Waals surface area contributed by atoms with E-state index in [1.807, 2.05) is 12.1 Å². The highest BCUT2D eigenvalue weighted by Gasteiger charge is 2.00. The molecule has 0 aliphatic carbocycles. The summed E-state index contributed by atoms with van der Waals surface area (Å²) in [5.74, 6) is 5.05. The van der Waals surface area contributed by atoms with E-state index in [4.69, 9.17) is 16.4 Å². The second-order valence-electron chi connectivity index (χ2n) is 2.80. The standard InChI is InChI=1S/C9H9N3S.2CHN/c1-6-2-3-7-8(4-6)13-9(12-7)5-11-10;2*1-2/h2-5H,10H2,1H3;2*1H. The van der Waals surface area contributed by atoms with Crippen LogP contribution in [0.3, 0.4) is 0 Å². The van der Waals surface area contributed by atoms with Gasteiger partial charge in [-0.1, -0.05) is 6.07 Å². The molecule has 17 heavy (non-hydrogen) atoms. The Kier molecular flexibility index (Phi) is 6.68. The lowest BCUT2D eigenvalue weighted by Crippen LogP contribution is -1.83. The van der Waals surface area contributed by atoms with Gasteiger partial charge in [0.1, 0.15) is 5.01 Å². The molecule has 0 spiro atoms. The molecule has 0 amide bonds. The zero-order valence-electron chi connectivity index (χ0n) is 9.24. The van der Waals surface area contributed by atoms with Crippen LogP contribution in [0.1, 0.15) is 10.6 Å². The molecule has 1 heterocycles. The molecule has 0 aliphatic rings. The maximum atomic E-state index is 6.50. The van der Waals surface area contributed by atoms with E-state index in [0.29, 0.717) is 0 Å². The molecular weight excluding hydrogens is 234 g/mol. The van der Waals surface area contributed by atoms with Crippen LogP contribution in [0.15, 0.2) is 23.3 Å². The van der Waals surface area contributed by atoms with Gasteiger partial charge in [0.25, 0.3) is 0 Å². The topological polar surface area (TPSA) is 98.8 Å². The van der Waals surface area contributed by atoms with Gasteiger partial charge in [-0.15, -0.1) is 11.3 Å². The van der Waals surface area contributed by atoms with E-state index >= 15 is 0 Å². The quantitative estimate of drug-likeness (QED) is 0.472. The molecule has 2 N–H and O–H groups in total. The van der Waals surface area contributed by atoms with Gasteiger partial charge >= 0.3 is 0 Å². The summed E-state index contributed by atoms with van der Waals surface area (Å²) < 4.78 is 1.18. The summed E-state index contributed by atoms with van der Waals surface area (Å²) in [7, 11) is 0. The smallest absolute Gasteiger partial charge is 0.137 e. The number of aryl methyl sites for hydroxylation is 1. The van der Waals surface area contributed by atoms with Crippen molar-refractivity contribution in [3.63, 3.8) is 0 Å². The Morgan fingerprint density at radius 1 is 1.35 bits per heavy atom. The van der Waals surface area contributed by atoms with Crippen molar-refractivity contribution in [1.29, 1.82) is 10.5 Å². The number of hydrogen-bond acceptors (Lipinski definition) is 6. The molecule has 86 valence electrons. The minimum Gasteiger partial charge on any atom is -0.323 e. The fraction of sp³-hybridized carbons (Fsp3) is 0.0909. The van der Waals surface area contributed by atoms with Gasteiger partial charge in [0.15, 0.2) is 0 Å². The van der Waals surface area contributed by atoms with Gasteiger partial charge in [-0.3, -0.25) is 0 Å². The average Bonchev–Trinajstić information content (AvgIpc) is 2.76. The Morgan fingerprint density at radius 3 is 2.59 bits per heavy atom. The van der Waals surface area contributed by atoms with Crippen LogP contribution in [-0.4, -0.2) is 11.2 Å². The van der Waals surface area contributed by atoms with Crippen LogP contribution in [0.4, 0.5) is 0 Å². The number of hydrogen-bond donors (Lipinski definition) is 1. The van der Waals surface area contributed by atoms with E-state index in [9.17, 15) is 0 Å². The van der Waals surface area contributed by atoms with E-state index in [1.54, 1.807) is 17.6 Å². The lowest BCUT2D eigenvalue weighted by atomic mass is 10.2. The minimum absolute atomic E-state index is 0.850. The summed E-state index contributed by atoms with van der Waals surface area (Å²) in [5.41, 5.74) is 2.25. The molecule has 6 heteroatoms. The second kappa shape index (κ2) is 7.80. The molecule has 0 aliphatic heterocycles. The molecule has 0 atom stereocenters. The van der Waals surface area contributed by atoms with Gasteiger partial charge in [0.2, 0.25) is 0 Å². The third-order valence-electron chi connectivity index (χ3n) is 1.75. The highest BCUT2D eigenvalue weighted by Crippen LogP contribution is 2.21. The van der Waals surface area contributed by atoms with Gasteiger partial charge < -0.3 is 5.84 Å². The maximum Gasteiger partial charge on any atom is 0.137 e. The number of benzene rings is 1. The van der Waals surface area contributed by atoms with Crippen LogP contribution in [0.5, 0.6) is 0 Å². The van der Waals surface area contributed by atoms with Crippen molar-refractivity contribution < 1.29 is 0 Å². The third-order valence-corrected chi connectivity index (χ3v) is 2.70. The zero-order chi connectivity index (χ0) is 13.3. The summed E-state index contributed by atoms with van der Waals surface area (Å²) >= 11 is 1.60. The second-order valence-corrected chi connectivity index (χ2v) is 3.86. The normalized spacial score (nSPS) is 9.00. The van der Waals surface area contributed by atoms with Crippen molar-refractivity contribution in [3.05, 3.63) is 28.8 Å². The summed E-state index contributed by atoms with van der Waals surface area (Å²) in [6.45, 7) is 9.07. The first-order valence-corrected chi connectivity index (χ1v) is 5.23. The largest absolute Gasteiger partial charge is 0.323 e. The van der Waals surface area contributed by atoms with Crippen LogP contribution in [0.2, 0.25) is 0 Å². The average molecular weight is 245 g/mol. The first-order valence-electron chi connectivity index (χ1n) is 4.41. The van der Waals surface area contributed by atoms with E-state index in [1.165, 1.54) is 10.3 Å². The molecular formula is C11H11N5S. The van der Waals surface area contributed by atoms with Crippen molar-refractivity contribution in [3.8, 4) is 13.1 Å². The van der Waals surface area contributed by atoms with Gasteiger partial charge in [-0.2, -0.15) is 5.10 Å². The van der Waals surface area contributed by atoms with Crippen molar-refractivity contribution in [2.45, 2.75) is 6.92 Å². The summed E-state index contributed by atoms with van der Waals surface area (Å²) in [6.07, 6.45) is 1.57. The van der Waals surface area contributed by atoms with Crippen molar-refractivity contribution in [2.24, 2.45) is 10.9 Å². The number of nitrogens with zero attached hydrogens (tertiary/aromatic N) is 4. The molecule has 0 fully saturated rings. The molecule has 0 bridgehead atoms. The van der Waals surface area contributed by atoms with Crippen LogP contribution < -0.4 is 5.84 Å². The molecule has 2 aromatic rings. The van der Waals surface area contributed by atoms with Crippen molar-refractivity contribution >= 4 is 27.8 Å². The first-order chi connectivity index (χ1) is 8.29. The lowest BCUT2D eigenvalue weighted by Gasteiger charge is -1.88. The minimum atomic E-state index is 0.850. The number of rotatable bonds is 1. The lowest BCUT2D eigenvalue weighted by molar-refractivity contribution is 1.26. The van der Waals surface area contributed by atoms with Crippen molar-refractivity contribution in [2.75, 3.05) is 0 Å².